The molecule has 1 saturated carbocycles. The Morgan fingerprint density at radius 1 is 1.62 bits per heavy atom. The summed E-state index contributed by atoms with van der Waals surface area (Å²) < 4.78 is 4.72. The third-order valence-corrected chi connectivity index (χ3v) is 3.38. The van der Waals surface area contributed by atoms with Crippen molar-refractivity contribution in [2.75, 3.05) is 7.11 Å². The van der Waals surface area contributed by atoms with Gasteiger partial charge in [0.1, 0.15) is 6.04 Å². The Morgan fingerprint density at radius 2 is 2.31 bits per heavy atom. The molecule has 1 unspecified atom stereocenters. The lowest BCUT2D eigenvalue weighted by molar-refractivity contribution is -0.143. The predicted octanol–water partition coefficient (Wildman–Crippen LogP) is 0.922. The molecule has 0 aliphatic heterocycles. The minimum Gasteiger partial charge on any atom is -0.468 e. The number of aryl methyl sites for hydroxylation is 1. The zero-order valence-corrected chi connectivity index (χ0v) is 9.56. The fourth-order valence-corrected chi connectivity index (χ4v) is 2.25. The number of aromatic nitrogens is 1. The molecule has 1 aliphatic carbocycles. The Bertz CT molecular complexity index is 413. The molecule has 0 aromatic carbocycles. The zero-order chi connectivity index (χ0) is 11.8. The summed E-state index contributed by atoms with van der Waals surface area (Å²) in [4.78, 5) is 15.8. The number of hydrogen-bond acceptors (Lipinski definition) is 4. The van der Waals surface area contributed by atoms with Crippen LogP contribution >= 0.6 is 0 Å². The lowest BCUT2D eigenvalue weighted by Crippen LogP contribution is -2.43. The van der Waals surface area contributed by atoms with E-state index in [2.05, 4.69) is 4.98 Å². The molecule has 4 nitrogen and oxygen atoms in total. The maximum absolute atomic E-state index is 11.5. The summed E-state index contributed by atoms with van der Waals surface area (Å²) in [7, 11) is 1.37. The topological polar surface area (TPSA) is 65.2 Å². The van der Waals surface area contributed by atoms with Crippen molar-refractivity contribution in [3.8, 4) is 0 Å². The number of ether oxygens (including phenoxy) is 1. The molecule has 1 fully saturated rings. The molecule has 2 N–H and O–H groups in total. The molecule has 86 valence electrons. The Labute approximate surface area is 94.8 Å². The molecule has 2 rings (SSSR count). The van der Waals surface area contributed by atoms with Gasteiger partial charge in [0.05, 0.1) is 7.11 Å². The van der Waals surface area contributed by atoms with E-state index in [1.807, 2.05) is 19.1 Å². The fourth-order valence-electron chi connectivity index (χ4n) is 2.25. The van der Waals surface area contributed by atoms with Gasteiger partial charge in [-0.25, -0.2) is 0 Å². The highest BCUT2D eigenvalue weighted by Gasteiger charge is 2.53. The average Bonchev–Trinajstić information content (AvgIpc) is 3.09. The number of carbonyl (C=O) groups is 1. The van der Waals surface area contributed by atoms with E-state index in [9.17, 15) is 4.79 Å². The largest absolute Gasteiger partial charge is 0.468 e. The molecular weight excluding hydrogens is 204 g/mol. The van der Waals surface area contributed by atoms with Crippen LogP contribution in [0.5, 0.6) is 0 Å². The van der Waals surface area contributed by atoms with Crippen molar-refractivity contribution in [2.24, 2.45) is 5.73 Å². The Kier molecular flexibility index (Phi) is 2.68. The van der Waals surface area contributed by atoms with E-state index < -0.39 is 6.04 Å². The van der Waals surface area contributed by atoms with Crippen LogP contribution in [0.2, 0.25) is 0 Å². The van der Waals surface area contributed by atoms with Gasteiger partial charge in [-0.15, -0.1) is 0 Å². The Balaban J connectivity index is 2.33. The molecular formula is C12H16N2O2. The molecule has 0 spiro atoms. The Morgan fingerprint density at radius 3 is 2.81 bits per heavy atom. The monoisotopic (exact) mass is 220 g/mol. The van der Waals surface area contributed by atoms with E-state index in [0.29, 0.717) is 0 Å². The van der Waals surface area contributed by atoms with Crippen LogP contribution in [0.4, 0.5) is 0 Å². The van der Waals surface area contributed by atoms with Crippen LogP contribution < -0.4 is 5.73 Å². The molecule has 4 heteroatoms. The third-order valence-electron chi connectivity index (χ3n) is 3.38. The SMILES string of the molecule is COC(=O)C(N)C1(c2cccnc2C)CC1. The molecule has 0 bridgehead atoms. The van der Waals surface area contributed by atoms with E-state index >= 15 is 0 Å². The van der Waals surface area contributed by atoms with Gasteiger partial charge >= 0.3 is 5.97 Å². The summed E-state index contributed by atoms with van der Waals surface area (Å²) in [6.45, 7) is 1.94. The van der Waals surface area contributed by atoms with Gasteiger partial charge in [0, 0.05) is 17.3 Å². The van der Waals surface area contributed by atoms with E-state index in [4.69, 9.17) is 10.5 Å². The van der Waals surface area contributed by atoms with Crippen LogP contribution in [0.3, 0.4) is 0 Å². The second kappa shape index (κ2) is 3.87. The summed E-state index contributed by atoms with van der Waals surface area (Å²) in [6.07, 6.45) is 3.60. The normalized spacial score (nSPS) is 18.9. The fraction of sp³-hybridized carbons (Fsp3) is 0.500. The van der Waals surface area contributed by atoms with E-state index in [0.717, 1.165) is 24.1 Å². The van der Waals surface area contributed by atoms with Crippen LogP contribution in [-0.2, 0) is 14.9 Å². The highest BCUT2D eigenvalue weighted by molar-refractivity contribution is 5.79. The quantitative estimate of drug-likeness (QED) is 0.769. The van der Waals surface area contributed by atoms with Crippen LogP contribution in [0.25, 0.3) is 0 Å². The number of methoxy groups -OCH3 is 1. The first-order chi connectivity index (χ1) is 7.62. The number of nitrogens with zero attached hydrogens (tertiary/aromatic N) is 1. The van der Waals surface area contributed by atoms with E-state index in [1.54, 1.807) is 6.20 Å². The van der Waals surface area contributed by atoms with Crippen molar-refractivity contribution in [3.63, 3.8) is 0 Å². The first kappa shape index (κ1) is 11.1. The van der Waals surface area contributed by atoms with Crippen molar-refractivity contribution in [1.82, 2.24) is 4.98 Å². The minimum atomic E-state index is -0.583. The second-order valence-electron chi connectivity index (χ2n) is 4.29. The number of esters is 1. The molecule has 1 atom stereocenters. The summed E-state index contributed by atoms with van der Waals surface area (Å²) >= 11 is 0. The third kappa shape index (κ3) is 1.59. The molecule has 1 heterocycles. The lowest BCUT2D eigenvalue weighted by atomic mass is 9.87. The van der Waals surface area contributed by atoms with E-state index in [-0.39, 0.29) is 11.4 Å². The standard InChI is InChI=1S/C12H16N2O2/c1-8-9(4-3-7-14-8)12(5-6-12)10(13)11(15)16-2/h3-4,7,10H,5-6,13H2,1-2H3. The molecule has 0 saturated heterocycles. The first-order valence-electron chi connectivity index (χ1n) is 5.37. The van der Waals surface area contributed by atoms with Crippen LogP contribution in [0, 0.1) is 6.92 Å². The van der Waals surface area contributed by atoms with Gasteiger partial charge in [-0.1, -0.05) is 6.07 Å². The summed E-state index contributed by atoms with van der Waals surface area (Å²) in [5.41, 5.74) is 7.74. The number of nitrogens with two attached hydrogens (primary N) is 1. The highest BCUT2D eigenvalue weighted by atomic mass is 16.5. The van der Waals surface area contributed by atoms with Crippen molar-refractivity contribution in [2.45, 2.75) is 31.2 Å². The molecule has 1 aliphatic rings. The molecule has 0 amide bonds. The molecule has 16 heavy (non-hydrogen) atoms. The van der Waals surface area contributed by atoms with Crippen LogP contribution in [-0.4, -0.2) is 24.1 Å². The van der Waals surface area contributed by atoms with Gasteiger partial charge < -0.3 is 10.5 Å². The van der Waals surface area contributed by atoms with Crippen molar-refractivity contribution < 1.29 is 9.53 Å². The lowest BCUT2D eigenvalue weighted by Gasteiger charge is -2.22. The molecule has 1 aromatic heterocycles. The minimum absolute atomic E-state index is 0.245. The van der Waals surface area contributed by atoms with Gasteiger partial charge in [-0.2, -0.15) is 0 Å². The number of hydrogen-bond donors (Lipinski definition) is 1. The average molecular weight is 220 g/mol. The number of carbonyl (C=O) groups excluding carboxylic acids is 1. The van der Waals surface area contributed by atoms with Gasteiger partial charge in [0.2, 0.25) is 0 Å². The van der Waals surface area contributed by atoms with Gasteiger partial charge in [0.15, 0.2) is 0 Å². The summed E-state index contributed by atoms with van der Waals surface area (Å²) in [5.74, 6) is -0.347. The smallest absolute Gasteiger partial charge is 0.323 e. The molecule has 0 radical (unpaired) electrons. The van der Waals surface area contributed by atoms with Gasteiger partial charge in [-0.3, -0.25) is 9.78 Å². The van der Waals surface area contributed by atoms with Crippen LogP contribution in [0.15, 0.2) is 18.3 Å². The van der Waals surface area contributed by atoms with Crippen molar-refractivity contribution >= 4 is 5.97 Å². The molecule has 1 aromatic rings. The predicted molar refractivity (Wildman–Crippen MR) is 59.9 cm³/mol. The highest BCUT2D eigenvalue weighted by Crippen LogP contribution is 2.51. The maximum atomic E-state index is 11.5. The van der Waals surface area contributed by atoms with Crippen molar-refractivity contribution in [3.05, 3.63) is 29.6 Å². The zero-order valence-electron chi connectivity index (χ0n) is 9.56. The van der Waals surface area contributed by atoms with Crippen LogP contribution in [0.1, 0.15) is 24.1 Å². The van der Waals surface area contributed by atoms with Gasteiger partial charge in [0.25, 0.3) is 0 Å². The number of pyridine rings is 1. The first-order valence-corrected chi connectivity index (χ1v) is 5.37. The second-order valence-corrected chi connectivity index (χ2v) is 4.29. The van der Waals surface area contributed by atoms with Gasteiger partial charge in [-0.05, 0) is 31.4 Å². The van der Waals surface area contributed by atoms with Crippen molar-refractivity contribution in [1.29, 1.82) is 0 Å². The van der Waals surface area contributed by atoms with E-state index in [1.165, 1.54) is 7.11 Å². The maximum Gasteiger partial charge on any atom is 0.323 e. The number of rotatable bonds is 3. The summed E-state index contributed by atoms with van der Waals surface area (Å²) in [6, 6.07) is 3.30. The Hall–Kier alpha value is -1.42. The summed E-state index contributed by atoms with van der Waals surface area (Å²) in [5, 5.41) is 0.